The number of halogens is 1. The Morgan fingerprint density at radius 1 is 1.41 bits per heavy atom. The molecule has 0 radical (unpaired) electrons. The van der Waals surface area contributed by atoms with E-state index >= 15 is 0 Å². The van der Waals surface area contributed by atoms with Gasteiger partial charge in [-0.25, -0.2) is 9.37 Å². The Morgan fingerprint density at radius 3 is 2.59 bits per heavy atom. The molecule has 4 heteroatoms. The average Bonchev–Trinajstić information content (AvgIpc) is 2.16. The molecule has 0 spiro atoms. The molecule has 1 N–H and O–H groups in total. The van der Waals surface area contributed by atoms with Gasteiger partial charge in [0, 0.05) is 18.2 Å². The van der Waals surface area contributed by atoms with Crippen molar-refractivity contribution in [2.75, 3.05) is 0 Å². The molecule has 1 aromatic rings. The van der Waals surface area contributed by atoms with Gasteiger partial charge in [0.1, 0.15) is 11.4 Å². The molecule has 0 aliphatic carbocycles. The number of ether oxygens (including phenoxy) is 1. The lowest BCUT2D eigenvalue weighted by molar-refractivity contribution is 0.122. The first-order chi connectivity index (χ1) is 7.78. The van der Waals surface area contributed by atoms with Crippen molar-refractivity contribution in [1.29, 1.82) is 0 Å². The Hall–Kier alpha value is -1.16. The predicted molar refractivity (Wildman–Crippen MR) is 66.6 cm³/mol. The summed E-state index contributed by atoms with van der Waals surface area (Å²) in [6.07, 6.45) is 1.18. The van der Waals surface area contributed by atoms with Gasteiger partial charge in [-0.15, -0.1) is 0 Å². The van der Waals surface area contributed by atoms with Crippen LogP contribution in [0.2, 0.25) is 0 Å². The second kappa shape index (κ2) is 5.45. The number of hydrogen-bond acceptors (Lipinski definition) is 3. The Balaban J connectivity index is 2.87. The maximum absolute atomic E-state index is 13.2. The summed E-state index contributed by atoms with van der Waals surface area (Å²) in [7, 11) is 0. The van der Waals surface area contributed by atoms with Crippen LogP contribution >= 0.6 is 0 Å². The molecule has 0 aliphatic rings. The molecule has 0 aliphatic heterocycles. The molecule has 96 valence electrons. The van der Waals surface area contributed by atoms with Gasteiger partial charge in [0.05, 0.1) is 6.20 Å². The lowest BCUT2D eigenvalue weighted by Crippen LogP contribution is -2.26. The topological polar surface area (TPSA) is 34.2 Å². The number of hydrogen-bond donors (Lipinski definition) is 1. The molecule has 17 heavy (non-hydrogen) atoms. The van der Waals surface area contributed by atoms with E-state index < -0.39 is 0 Å². The van der Waals surface area contributed by atoms with Crippen LogP contribution in [0.15, 0.2) is 12.3 Å². The zero-order valence-electron chi connectivity index (χ0n) is 11.2. The van der Waals surface area contributed by atoms with E-state index in [0.29, 0.717) is 18.5 Å². The fourth-order valence-corrected chi connectivity index (χ4v) is 1.29. The standard InChI is InChI=1S/C13H21FN2O/c1-9(2)15-7-10-6-11(14)8-16-12(10)17-13(3,4)5/h6,8-9,15H,7H2,1-5H3. The van der Waals surface area contributed by atoms with Crippen molar-refractivity contribution < 1.29 is 9.13 Å². The van der Waals surface area contributed by atoms with Crippen LogP contribution in [0.5, 0.6) is 5.88 Å². The lowest BCUT2D eigenvalue weighted by atomic mass is 10.2. The van der Waals surface area contributed by atoms with Crippen LogP contribution in [-0.4, -0.2) is 16.6 Å². The van der Waals surface area contributed by atoms with Crippen LogP contribution in [0.4, 0.5) is 4.39 Å². The summed E-state index contributed by atoms with van der Waals surface area (Å²) in [6, 6.07) is 1.80. The molecule has 0 fully saturated rings. The maximum atomic E-state index is 13.2. The van der Waals surface area contributed by atoms with Gasteiger partial charge in [-0.2, -0.15) is 0 Å². The molecule has 0 aromatic carbocycles. The van der Waals surface area contributed by atoms with Crippen LogP contribution < -0.4 is 10.1 Å². The fourth-order valence-electron chi connectivity index (χ4n) is 1.29. The molecular formula is C13H21FN2O. The largest absolute Gasteiger partial charge is 0.472 e. The minimum atomic E-state index is -0.341. The van der Waals surface area contributed by atoms with Gasteiger partial charge in [0.25, 0.3) is 0 Å². The first-order valence-electron chi connectivity index (χ1n) is 5.85. The van der Waals surface area contributed by atoms with Crippen molar-refractivity contribution in [2.24, 2.45) is 0 Å². The highest BCUT2D eigenvalue weighted by Crippen LogP contribution is 2.21. The minimum absolute atomic E-state index is 0.334. The first-order valence-corrected chi connectivity index (χ1v) is 5.85. The zero-order valence-corrected chi connectivity index (χ0v) is 11.2. The molecule has 1 rings (SSSR count). The monoisotopic (exact) mass is 240 g/mol. The van der Waals surface area contributed by atoms with Gasteiger partial charge in [-0.05, 0) is 26.8 Å². The number of nitrogens with zero attached hydrogens (tertiary/aromatic N) is 1. The van der Waals surface area contributed by atoms with Crippen molar-refractivity contribution in [2.45, 2.75) is 52.8 Å². The highest BCUT2D eigenvalue weighted by atomic mass is 19.1. The Kier molecular flexibility index (Phi) is 4.46. The molecule has 1 heterocycles. The smallest absolute Gasteiger partial charge is 0.218 e. The molecule has 0 saturated heterocycles. The van der Waals surface area contributed by atoms with Gasteiger partial charge in [-0.3, -0.25) is 0 Å². The molecule has 0 amide bonds. The van der Waals surface area contributed by atoms with Crippen LogP contribution in [0.25, 0.3) is 0 Å². The summed E-state index contributed by atoms with van der Waals surface area (Å²) >= 11 is 0. The van der Waals surface area contributed by atoms with Crippen LogP contribution in [0.3, 0.4) is 0 Å². The van der Waals surface area contributed by atoms with Crippen LogP contribution in [0.1, 0.15) is 40.2 Å². The SMILES string of the molecule is CC(C)NCc1cc(F)cnc1OC(C)(C)C. The summed E-state index contributed by atoms with van der Waals surface area (Å²) in [5.74, 6) is 0.152. The van der Waals surface area contributed by atoms with E-state index in [9.17, 15) is 4.39 Å². The summed E-state index contributed by atoms with van der Waals surface area (Å²) < 4.78 is 18.9. The predicted octanol–water partition coefficient (Wildman–Crippen LogP) is 2.90. The van der Waals surface area contributed by atoms with Crippen LogP contribution in [-0.2, 0) is 6.54 Å². The highest BCUT2D eigenvalue weighted by molar-refractivity contribution is 5.26. The van der Waals surface area contributed by atoms with E-state index in [1.54, 1.807) is 0 Å². The van der Waals surface area contributed by atoms with Crippen molar-refractivity contribution in [3.05, 3.63) is 23.6 Å². The molecule has 3 nitrogen and oxygen atoms in total. The van der Waals surface area contributed by atoms with Crippen molar-refractivity contribution >= 4 is 0 Å². The quantitative estimate of drug-likeness (QED) is 0.878. The van der Waals surface area contributed by atoms with E-state index in [-0.39, 0.29) is 11.4 Å². The van der Waals surface area contributed by atoms with Gasteiger partial charge in [0.15, 0.2) is 0 Å². The number of rotatable bonds is 4. The van der Waals surface area contributed by atoms with E-state index in [0.717, 1.165) is 5.56 Å². The highest BCUT2D eigenvalue weighted by Gasteiger charge is 2.16. The molecule has 0 bridgehead atoms. The second-order valence-electron chi connectivity index (χ2n) is 5.37. The van der Waals surface area contributed by atoms with E-state index in [4.69, 9.17) is 4.74 Å². The molecule has 0 unspecified atom stereocenters. The van der Waals surface area contributed by atoms with Gasteiger partial charge in [-0.1, -0.05) is 13.8 Å². The summed E-state index contributed by atoms with van der Waals surface area (Å²) in [5, 5.41) is 3.23. The number of pyridine rings is 1. The van der Waals surface area contributed by atoms with E-state index in [1.807, 2.05) is 34.6 Å². The fraction of sp³-hybridized carbons (Fsp3) is 0.615. The Bertz CT molecular complexity index is 372. The Labute approximate surface area is 102 Å². The van der Waals surface area contributed by atoms with Crippen LogP contribution in [0, 0.1) is 5.82 Å². The molecule has 1 aromatic heterocycles. The van der Waals surface area contributed by atoms with E-state index in [2.05, 4.69) is 10.3 Å². The molecule has 0 saturated carbocycles. The Morgan fingerprint density at radius 2 is 2.06 bits per heavy atom. The molecular weight excluding hydrogens is 219 g/mol. The zero-order chi connectivity index (χ0) is 13.1. The van der Waals surface area contributed by atoms with Crippen molar-refractivity contribution in [3.63, 3.8) is 0 Å². The van der Waals surface area contributed by atoms with Crippen molar-refractivity contribution in [1.82, 2.24) is 10.3 Å². The maximum Gasteiger partial charge on any atom is 0.218 e. The second-order valence-corrected chi connectivity index (χ2v) is 5.37. The average molecular weight is 240 g/mol. The van der Waals surface area contributed by atoms with E-state index in [1.165, 1.54) is 12.3 Å². The summed E-state index contributed by atoms with van der Waals surface area (Å²) in [6.45, 7) is 10.5. The van der Waals surface area contributed by atoms with Gasteiger partial charge in [0.2, 0.25) is 5.88 Å². The normalized spacial score (nSPS) is 11.9. The lowest BCUT2D eigenvalue weighted by Gasteiger charge is -2.22. The number of aromatic nitrogens is 1. The van der Waals surface area contributed by atoms with Gasteiger partial charge >= 0.3 is 0 Å². The third-order valence-corrected chi connectivity index (χ3v) is 2.00. The van der Waals surface area contributed by atoms with Gasteiger partial charge < -0.3 is 10.1 Å². The van der Waals surface area contributed by atoms with Crippen molar-refractivity contribution in [3.8, 4) is 5.88 Å². The third-order valence-electron chi connectivity index (χ3n) is 2.00. The summed E-state index contributed by atoms with van der Waals surface area (Å²) in [5.41, 5.74) is 0.408. The molecule has 0 atom stereocenters. The third kappa shape index (κ3) is 5.13. The minimum Gasteiger partial charge on any atom is -0.472 e. The first kappa shape index (κ1) is 13.9. The summed E-state index contributed by atoms with van der Waals surface area (Å²) in [4.78, 5) is 4.00. The number of nitrogens with one attached hydrogen (secondary N) is 1.